The molecule has 0 amide bonds. The third-order valence-corrected chi connectivity index (χ3v) is 5.07. The van der Waals surface area contributed by atoms with E-state index in [1.807, 2.05) is 65.4 Å². The van der Waals surface area contributed by atoms with Crippen molar-refractivity contribution in [3.63, 3.8) is 0 Å². The maximum atomic E-state index is 11.1. The van der Waals surface area contributed by atoms with E-state index in [4.69, 9.17) is 9.52 Å². The fraction of sp³-hybridized carbons (Fsp3) is 0.0435. The summed E-state index contributed by atoms with van der Waals surface area (Å²) >= 11 is 3.45. The Labute approximate surface area is 175 Å². The summed E-state index contributed by atoms with van der Waals surface area (Å²) in [6.45, 7) is 0.389. The van der Waals surface area contributed by atoms with Gasteiger partial charge in [0.05, 0.1) is 18.2 Å². The lowest BCUT2D eigenvalue weighted by atomic mass is 10.0. The van der Waals surface area contributed by atoms with Crippen LogP contribution in [0.1, 0.15) is 27.4 Å². The van der Waals surface area contributed by atoms with Gasteiger partial charge >= 0.3 is 5.97 Å². The summed E-state index contributed by atoms with van der Waals surface area (Å²) in [5.41, 5.74) is 3.26. The first-order valence-corrected chi connectivity index (χ1v) is 9.62. The molecule has 2 aromatic carbocycles. The molecule has 2 aromatic heterocycles. The van der Waals surface area contributed by atoms with Gasteiger partial charge in [0.15, 0.2) is 0 Å². The number of carboxylic acid groups (broad SMARTS) is 1. The number of halogens is 1. The zero-order valence-electron chi connectivity index (χ0n) is 15.2. The summed E-state index contributed by atoms with van der Waals surface area (Å²) in [7, 11) is 0. The van der Waals surface area contributed by atoms with Crippen LogP contribution in [0.4, 0.5) is 0 Å². The summed E-state index contributed by atoms with van der Waals surface area (Å²) in [5, 5.41) is 19.7. The molecule has 0 bridgehead atoms. The van der Waals surface area contributed by atoms with Crippen LogP contribution in [0.25, 0.3) is 22.6 Å². The number of nitriles is 1. The van der Waals surface area contributed by atoms with E-state index < -0.39 is 5.97 Å². The Hall–Kier alpha value is -3.56. The van der Waals surface area contributed by atoms with E-state index in [0.29, 0.717) is 17.9 Å². The number of allylic oxidation sites excluding steroid dienone is 1. The van der Waals surface area contributed by atoms with Crippen LogP contribution >= 0.6 is 15.9 Å². The zero-order chi connectivity index (χ0) is 20.4. The average Bonchev–Trinajstić information content (AvgIpc) is 3.32. The van der Waals surface area contributed by atoms with Gasteiger partial charge in [0.25, 0.3) is 0 Å². The van der Waals surface area contributed by atoms with Crippen molar-refractivity contribution in [3.8, 4) is 6.07 Å². The molecule has 0 aliphatic rings. The van der Waals surface area contributed by atoms with Crippen LogP contribution in [0.15, 0.2) is 75.8 Å². The van der Waals surface area contributed by atoms with Crippen LogP contribution in [0.3, 0.4) is 0 Å². The Balaban J connectivity index is 1.77. The summed E-state index contributed by atoms with van der Waals surface area (Å²) in [6, 6.07) is 20.9. The molecule has 0 aliphatic heterocycles. The second-order valence-corrected chi connectivity index (χ2v) is 7.40. The van der Waals surface area contributed by atoms with Crippen molar-refractivity contribution in [2.24, 2.45) is 0 Å². The number of aromatic nitrogens is 1. The first-order valence-electron chi connectivity index (χ1n) is 8.83. The van der Waals surface area contributed by atoms with E-state index in [1.165, 1.54) is 6.07 Å². The molecule has 0 radical (unpaired) electrons. The fourth-order valence-electron chi connectivity index (χ4n) is 3.26. The summed E-state index contributed by atoms with van der Waals surface area (Å²) < 4.78 is 8.29. The van der Waals surface area contributed by atoms with Crippen LogP contribution in [0.5, 0.6) is 0 Å². The lowest BCUT2D eigenvalue weighted by molar-refractivity contribution is 0.0660. The van der Waals surface area contributed by atoms with Gasteiger partial charge in [0.2, 0.25) is 5.76 Å². The third kappa shape index (κ3) is 3.86. The quantitative estimate of drug-likeness (QED) is 0.392. The van der Waals surface area contributed by atoms with Gasteiger partial charge in [-0.2, -0.15) is 5.26 Å². The normalized spacial score (nSPS) is 11.5. The van der Waals surface area contributed by atoms with Crippen molar-refractivity contribution in [1.29, 1.82) is 5.26 Å². The van der Waals surface area contributed by atoms with E-state index in [1.54, 1.807) is 6.07 Å². The molecule has 0 fully saturated rings. The summed E-state index contributed by atoms with van der Waals surface area (Å²) in [6.07, 6.45) is 3.81. The van der Waals surface area contributed by atoms with Gasteiger partial charge < -0.3 is 14.1 Å². The van der Waals surface area contributed by atoms with Gasteiger partial charge in [-0.05, 0) is 42.0 Å². The van der Waals surface area contributed by atoms with Crippen molar-refractivity contribution in [3.05, 3.63) is 94.0 Å². The zero-order valence-corrected chi connectivity index (χ0v) is 16.8. The van der Waals surface area contributed by atoms with E-state index in [-0.39, 0.29) is 5.76 Å². The topological polar surface area (TPSA) is 79.2 Å². The first kappa shape index (κ1) is 18.8. The van der Waals surface area contributed by atoms with Gasteiger partial charge in [0.1, 0.15) is 5.76 Å². The number of aromatic carboxylic acids is 1. The minimum atomic E-state index is -1.09. The van der Waals surface area contributed by atoms with Gasteiger partial charge in [-0.25, -0.2) is 4.79 Å². The number of carbonyl (C=O) groups is 1. The highest BCUT2D eigenvalue weighted by atomic mass is 79.9. The molecule has 0 aliphatic carbocycles. The molecule has 0 saturated carbocycles. The molecule has 5 nitrogen and oxygen atoms in total. The largest absolute Gasteiger partial charge is 0.475 e. The second-order valence-electron chi connectivity index (χ2n) is 6.48. The Bertz CT molecular complexity index is 1290. The van der Waals surface area contributed by atoms with Crippen molar-refractivity contribution < 1.29 is 14.3 Å². The van der Waals surface area contributed by atoms with Gasteiger partial charge in [-0.3, -0.25) is 0 Å². The molecule has 6 heteroatoms. The first-order chi connectivity index (χ1) is 14.0. The molecule has 4 rings (SSSR count). The predicted octanol–water partition coefficient (Wildman–Crippen LogP) is 5.81. The SMILES string of the molecule is N#C/C(=C/c1cn(Cc2ccc(C(=O)O)o2)c2ccccc12)c1cccc(Br)c1. The van der Waals surface area contributed by atoms with Gasteiger partial charge in [-0.1, -0.05) is 46.3 Å². The summed E-state index contributed by atoms with van der Waals surface area (Å²) in [5.74, 6) is -0.630. The smallest absolute Gasteiger partial charge is 0.371 e. The Morgan fingerprint density at radius 2 is 2.00 bits per heavy atom. The third-order valence-electron chi connectivity index (χ3n) is 4.57. The fourth-order valence-corrected chi connectivity index (χ4v) is 3.66. The lowest BCUT2D eigenvalue weighted by Crippen LogP contribution is -1.97. The van der Waals surface area contributed by atoms with Crippen molar-refractivity contribution in [2.45, 2.75) is 6.54 Å². The maximum absolute atomic E-state index is 11.1. The molecule has 0 spiro atoms. The van der Waals surface area contributed by atoms with Gasteiger partial charge in [-0.15, -0.1) is 0 Å². The van der Waals surface area contributed by atoms with E-state index in [2.05, 4.69) is 22.0 Å². The molecule has 0 saturated heterocycles. The Morgan fingerprint density at radius 1 is 1.17 bits per heavy atom. The highest BCUT2D eigenvalue weighted by molar-refractivity contribution is 9.10. The van der Waals surface area contributed by atoms with Crippen LogP contribution in [-0.2, 0) is 6.54 Å². The van der Waals surface area contributed by atoms with E-state index in [0.717, 1.165) is 26.5 Å². The predicted molar refractivity (Wildman–Crippen MR) is 114 cm³/mol. The van der Waals surface area contributed by atoms with Crippen molar-refractivity contribution in [2.75, 3.05) is 0 Å². The number of para-hydroxylation sites is 1. The second kappa shape index (κ2) is 7.82. The van der Waals surface area contributed by atoms with Crippen LogP contribution in [0, 0.1) is 11.3 Å². The number of hydrogen-bond donors (Lipinski definition) is 1. The lowest BCUT2D eigenvalue weighted by Gasteiger charge is -2.02. The maximum Gasteiger partial charge on any atom is 0.371 e. The van der Waals surface area contributed by atoms with Crippen LogP contribution < -0.4 is 0 Å². The number of carboxylic acids is 1. The Kier molecular flexibility index (Phi) is 5.07. The molecule has 0 atom stereocenters. The van der Waals surface area contributed by atoms with Crippen LogP contribution in [-0.4, -0.2) is 15.6 Å². The molecule has 142 valence electrons. The molecular weight excluding hydrogens is 432 g/mol. The molecule has 29 heavy (non-hydrogen) atoms. The highest BCUT2D eigenvalue weighted by Gasteiger charge is 2.13. The van der Waals surface area contributed by atoms with Gasteiger partial charge in [0, 0.05) is 27.1 Å². The number of benzene rings is 2. The molecule has 0 unspecified atom stereocenters. The highest BCUT2D eigenvalue weighted by Crippen LogP contribution is 2.28. The standard InChI is InChI=1S/C23H15BrN2O3/c24-18-5-3-4-15(11-18)16(12-25)10-17-13-26(21-7-2-1-6-20(17)21)14-19-8-9-22(29-19)23(27)28/h1-11,13H,14H2,(H,27,28)/b16-10-. The number of furan rings is 1. The van der Waals surface area contributed by atoms with E-state index >= 15 is 0 Å². The number of fused-ring (bicyclic) bond motifs is 1. The van der Waals surface area contributed by atoms with E-state index in [9.17, 15) is 10.1 Å². The number of rotatable bonds is 5. The van der Waals surface area contributed by atoms with Crippen molar-refractivity contribution in [1.82, 2.24) is 4.57 Å². The molecule has 2 heterocycles. The minimum Gasteiger partial charge on any atom is -0.475 e. The summed E-state index contributed by atoms with van der Waals surface area (Å²) in [4.78, 5) is 11.1. The van der Waals surface area contributed by atoms with Crippen LogP contribution in [0.2, 0.25) is 0 Å². The molecule has 1 N–H and O–H groups in total. The monoisotopic (exact) mass is 446 g/mol. The number of nitrogens with zero attached hydrogens (tertiary/aromatic N) is 2. The van der Waals surface area contributed by atoms with Crippen molar-refractivity contribution >= 4 is 44.5 Å². The molecular formula is C23H15BrN2O3. The minimum absolute atomic E-state index is 0.0852. The molecule has 4 aromatic rings. The Morgan fingerprint density at radius 3 is 2.72 bits per heavy atom. The number of hydrogen-bond acceptors (Lipinski definition) is 3. The average molecular weight is 447 g/mol.